The number of amides is 2. The van der Waals surface area contributed by atoms with E-state index in [1.807, 2.05) is 36.4 Å². The van der Waals surface area contributed by atoms with E-state index in [0.717, 1.165) is 60.8 Å². The zero-order valence-electron chi connectivity index (χ0n) is 18.3. The predicted molar refractivity (Wildman–Crippen MR) is 122 cm³/mol. The van der Waals surface area contributed by atoms with Gasteiger partial charge in [-0.1, -0.05) is 37.1 Å². The second-order valence-electron chi connectivity index (χ2n) is 9.15. The van der Waals surface area contributed by atoms with Crippen LogP contribution in [0.5, 0.6) is 0 Å². The smallest absolute Gasteiger partial charge is 0.254 e. The Balaban J connectivity index is 1.30. The van der Waals surface area contributed by atoms with Gasteiger partial charge in [0, 0.05) is 49.9 Å². The van der Waals surface area contributed by atoms with Crippen molar-refractivity contribution in [2.24, 2.45) is 0 Å². The molecule has 1 N–H and O–H groups in total. The van der Waals surface area contributed by atoms with Gasteiger partial charge in [0.25, 0.3) is 11.8 Å². The molecule has 2 aromatic carbocycles. The number of carbonyl (C=O) groups is 2. The highest BCUT2D eigenvalue weighted by molar-refractivity contribution is 5.98. The van der Waals surface area contributed by atoms with E-state index >= 15 is 0 Å². The summed E-state index contributed by atoms with van der Waals surface area (Å²) in [4.78, 5) is 29.8. The third kappa shape index (κ3) is 3.87. The molecule has 2 heterocycles. The molecule has 2 aliphatic heterocycles. The van der Waals surface area contributed by atoms with Crippen molar-refractivity contribution >= 4 is 11.8 Å². The van der Waals surface area contributed by atoms with Crippen molar-refractivity contribution in [2.45, 2.75) is 50.6 Å². The average molecular weight is 418 g/mol. The molecule has 5 nitrogen and oxygen atoms in total. The second-order valence-corrected chi connectivity index (χ2v) is 9.15. The summed E-state index contributed by atoms with van der Waals surface area (Å²) in [6.45, 7) is 2.99. The number of carbonyl (C=O) groups excluding carboxylic acids is 2. The standard InChI is InChI=1S/C26H31N3O2/c1-27-25(30)19-8-6-18(7-9-19)20-10-11-24-21(16-20)12-15-29(26(24)31)23-13-14-28(17-23)22-4-2-3-5-22/h6-11,16,22-23H,2-5,12-15,17H2,1H3,(H,27,30)/t23-/m0/s1. The van der Waals surface area contributed by atoms with Gasteiger partial charge in [-0.05, 0) is 60.6 Å². The molecule has 5 heteroatoms. The number of nitrogens with zero attached hydrogens (tertiary/aromatic N) is 2. The van der Waals surface area contributed by atoms with E-state index < -0.39 is 0 Å². The normalized spacial score (nSPS) is 22.0. The van der Waals surface area contributed by atoms with Gasteiger partial charge in [-0.25, -0.2) is 0 Å². The molecule has 0 aromatic heterocycles. The first-order chi connectivity index (χ1) is 15.1. The molecule has 1 saturated carbocycles. The van der Waals surface area contributed by atoms with Crippen molar-refractivity contribution < 1.29 is 9.59 Å². The molecule has 1 saturated heterocycles. The highest BCUT2D eigenvalue weighted by Gasteiger charge is 2.36. The molecule has 2 aromatic rings. The Morgan fingerprint density at radius 1 is 0.935 bits per heavy atom. The quantitative estimate of drug-likeness (QED) is 0.825. The summed E-state index contributed by atoms with van der Waals surface area (Å²) in [6, 6.07) is 14.9. The summed E-state index contributed by atoms with van der Waals surface area (Å²) in [5.41, 5.74) is 4.80. The average Bonchev–Trinajstić information content (AvgIpc) is 3.51. The number of rotatable bonds is 4. The van der Waals surface area contributed by atoms with E-state index in [1.165, 1.54) is 25.7 Å². The van der Waals surface area contributed by atoms with Gasteiger partial charge in [0.05, 0.1) is 0 Å². The molecule has 3 aliphatic rings. The van der Waals surface area contributed by atoms with Gasteiger partial charge in [0.15, 0.2) is 0 Å². The highest BCUT2D eigenvalue weighted by Crippen LogP contribution is 2.31. The SMILES string of the molecule is CNC(=O)c1ccc(-c2ccc3c(c2)CCN([C@H]2CCN(C4CCCC4)C2)C3=O)cc1. The number of hydrogen-bond acceptors (Lipinski definition) is 3. The molecule has 1 aliphatic carbocycles. The first-order valence-corrected chi connectivity index (χ1v) is 11.6. The summed E-state index contributed by atoms with van der Waals surface area (Å²) in [5, 5.41) is 2.65. The Hall–Kier alpha value is -2.66. The monoisotopic (exact) mass is 417 g/mol. The fourth-order valence-corrected chi connectivity index (χ4v) is 5.62. The Morgan fingerprint density at radius 3 is 2.42 bits per heavy atom. The first kappa shape index (κ1) is 20.3. The second kappa shape index (κ2) is 8.46. The van der Waals surface area contributed by atoms with Crippen LogP contribution in [0.1, 0.15) is 58.4 Å². The zero-order valence-corrected chi connectivity index (χ0v) is 18.3. The molecule has 2 amide bonds. The Bertz CT molecular complexity index is 979. The summed E-state index contributed by atoms with van der Waals surface area (Å²) in [7, 11) is 1.64. The maximum atomic E-state index is 13.3. The van der Waals surface area contributed by atoms with Crippen molar-refractivity contribution in [2.75, 3.05) is 26.7 Å². The van der Waals surface area contributed by atoms with Crippen LogP contribution in [0.15, 0.2) is 42.5 Å². The molecular formula is C26H31N3O2. The molecule has 162 valence electrons. The Morgan fingerprint density at radius 2 is 1.68 bits per heavy atom. The molecule has 0 bridgehead atoms. The van der Waals surface area contributed by atoms with Crippen molar-refractivity contribution in [3.63, 3.8) is 0 Å². The van der Waals surface area contributed by atoms with Crippen LogP contribution < -0.4 is 5.32 Å². The lowest BCUT2D eigenvalue weighted by Crippen LogP contribution is -2.46. The van der Waals surface area contributed by atoms with Gasteiger partial charge in [0.2, 0.25) is 0 Å². The largest absolute Gasteiger partial charge is 0.355 e. The number of fused-ring (bicyclic) bond motifs is 1. The molecule has 0 unspecified atom stereocenters. The fraction of sp³-hybridized carbons (Fsp3) is 0.462. The van der Waals surface area contributed by atoms with E-state index in [0.29, 0.717) is 11.6 Å². The molecule has 5 rings (SSSR count). The summed E-state index contributed by atoms with van der Waals surface area (Å²) in [5.74, 6) is 0.113. The van der Waals surface area contributed by atoms with E-state index in [9.17, 15) is 9.59 Å². The third-order valence-corrected chi connectivity index (χ3v) is 7.40. The fourth-order valence-electron chi connectivity index (χ4n) is 5.62. The van der Waals surface area contributed by atoms with Crippen LogP contribution in [0.2, 0.25) is 0 Å². The molecule has 2 fully saturated rings. The van der Waals surface area contributed by atoms with Crippen LogP contribution in [-0.2, 0) is 6.42 Å². The zero-order chi connectivity index (χ0) is 21.4. The number of hydrogen-bond donors (Lipinski definition) is 1. The lowest BCUT2D eigenvalue weighted by molar-refractivity contribution is 0.0658. The van der Waals surface area contributed by atoms with Crippen LogP contribution in [0, 0.1) is 0 Å². The van der Waals surface area contributed by atoms with Gasteiger partial charge < -0.3 is 10.2 Å². The minimum atomic E-state index is -0.0823. The first-order valence-electron chi connectivity index (χ1n) is 11.6. The summed E-state index contributed by atoms with van der Waals surface area (Å²) >= 11 is 0. The predicted octanol–water partition coefficient (Wildman–Crippen LogP) is 3.73. The van der Waals surface area contributed by atoms with Crippen LogP contribution in [0.3, 0.4) is 0 Å². The van der Waals surface area contributed by atoms with Crippen LogP contribution in [0.4, 0.5) is 0 Å². The van der Waals surface area contributed by atoms with Crippen molar-refractivity contribution in [3.8, 4) is 11.1 Å². The number of benzene rings is 2. The molecule has 31 heavy (non-hydrogen) atoms. The summed E-state index contributed by atoms with van der Waals surface area (Å²) < 4.78 is 0. The van der Waals surface area contributed by atoms with E-state index in [-0.39, 0.29) is 11.8 Å². The topological polar surface area (TPSA) is 52.7 Å². The van der Waals surface area contributed by atoms with Gasteiger partial charge in [-0.2, -0.15) is 0 Å². The van der Waals surface area contributed by atoms with Crippen LogP contribution >= 0.6 is 0 Å². The van der Waals surface area contributed by atoms with Gasteiger partial charge >= 0.3 is 0 Å². The van der Waals surface area contributed by atoms with E-state index in [1.54, 1.807) is 7.05 Å². The molecule has 0 radical (unpaired) electrons. The van der Waals surface area contributed by atoms with Crippen LogP contribution in [-0.4, -0.2) is 60.4 Å². The Kier molecular flexibility index (Phi) is 5.53. The van der Waals surface area contributed by atoms with Gasteiger partial charge in [0.1, 0.15) is 0 Å². The maximum Gasteiger partial charge on any atom is 0.254 e. The van der Waals surface area contributed by atoms with E-state index in [4.69, 9.17) is 0 Å². The molecule has 1 atom stereocenters. The van der Waals surface area contributed by atoms with Crippen molar-refractivity contribution in [1.29, 1.82) is 0 Å². The molecule has 0 spiro atoms. The third-order valence-electron chi connectivity index (χ3n) is 7.40. The lowest BCUT2D eigenvalue weighted by atomic mass is 9.93. The van der Waals surface area contributed by atoms with E-state index in [2.05, 4.69) is 21.2 Å². The summed E-state index contributed by atoms with van der Waals surface area (Å²) in [6.07, 6.45) is 7.39. The number of likely N-dealkylation sites (tertiary alicyclic amines) is 1. The highest BCUT2D eigenvalue weighted by atomic mass is 16.2. The van der Waals surface area contributed by atoms with Crippen LogP contribution in [0.25, 0.3) is 11.1 Å². The minimum absolute atomic E-state index is 0.0823. The van der Waals surface area contributed by atoms with Crippen molar-refractivity contribution in [3.05, 3.63) is 59.2 Å². The lowest BCUT2D eigenvalue weighted by Gasteiger charge is -2.34. The molecular weight excluding hydrogens is 386 g/mol. The Labute approximate surface area is 184 Å². The van der Waals surface area contributed by atoms with Gasteiger partial charge in [-0.3, -0.25) is 14.5 Å². The van der Waals surface area contributed by atoms with Crippen molar-refractivity contribution in [1.82, 2.24) is 15.1 Å². The minimum Gasteiger partial charge on any atom is -0.355 e. The number of nitrogens with one attached hydrogen (secondary N) is 1. The van der Waals surface area contributed by atoms with Gasteiger partial charge in [-0.15, -0.1) is 0 Å². The maximum absolute atomic E-state index is 13.3.